The summed E-state index contributed by atoms with van der Waals surface area (Å²) < 4.78 is 25.1. The van der Waals surface area contributed by atoms with Crippen LogP contribution >= 0.6 is 0 Å². The molecule has 0 amide bonds. The van der Waals surface area contributed by atoms with E-state index in [1.807, 2.05) is 6.07 Å². The lowest BCUT2D eigenvalue weighted by molar-refractivity contribution is 0.151. The molecule has 4 heteroatoms. The summed E-state index contributed by atoms with van der Waals surface area (Å²) in [5.41, 5.74) is 0.941. The van der Waals surface area contributed by atoms with E-state index >= 15 is 0 Å². The Labute approximate surface area is 106 Å². The van der Waals surface area contributed by atoms with Crippen molar-refractivity contribution < 1.29 is 13.9 Å². The van der Waals surface area contributed by atoms with Gasteiger partial charge < -0.3 is 10.4 Å². The molecule has 18 heavy (non-hydrogen) atoms. The monoisotopic (exact) mass is 255 g/mol. The van der Waals surface area contributed by atoms with E-state index in [0.717, 1.165) is 24.8 Å². The third-order valence-corrected chi connectivity index (χ3v) is 3.66. The van der Waals surface area contributed by atoms with Crippen LogP contribution in [0.4, 0.5) is 8.78 Å². The second-order valence-electron chi connectivity index (χ2n) is 4.91. The highest BCUT2D eigenvalue weighted by Crippen LogP contribution is 2.25. The summed E-state index contributed by atoms with van der Waals surface area (Å²) in [7, 11) is 0. The standard InChI is InChI=1S/C14H19F2NO/c15-14(16)11-4-1-3-10(7-11)8-17-13-6-2-5-12(13)9-18/h1,3-4,7,12-14,17-18H,2,5-6,8-9H2. The molecule has 1 fully saturated rings. The molecule has 2 atom stereocenters. The predicted molar refractivity (Wildman–Crippen MR) is 66.5 cm³/mol. The number of aliphatic hydroxyl groups excluding tert-OH is 1. The summed E-state index contributed by atoms with van der Waals surface area (Å²) >= 11 is 0. The van der Waals surface area contributed by atoms with Crippen molar-refractivity contribution in [3.63, 3.8) is 0 Å². The quantitative estimate of drug-likeness (QED) is 0.848. The molecule has 0 heterocycles. The second kappa shape index (κ2) is 6.25. The molecule has 0 radical (unpaired) electrons. The maximum atomic E-state index is 12.6. The van der Waals surface area contributed by atoms with Crippen LogP contribution in [0.5, 0.6) is 0 Å². The van der Waals surface area contributed by atoms with E-state index in [-0.39, 0.29) is 12.2 Å². The molecule has 2 nitrogen and oxygen atoms in total. The molecule has 2 N–H and O–H groups in total. The Morgan fingerprint density at radius 3 is 2.89 bits per heavy atom. The van der Waals surface area contributed by atoms with Gasteiger partial charge in [0.15, 0.2) is 0 Å². The predicted octanol–water partition coefficient (Wildman–Crippen LogP) is 2.87. The van der Waals surface area contributed by atoms with Crippen LogP contribution in [-0.4, -0.2) is 17.8 Å². The molecule has 2 rings (SSSR count). The van der Waals surface area contributed by atoms with Crippen LogP contribution in [0.25, 0.3) is 0 Å². The molecule has 1 aromatic rings. The molecule has 0 aliphatic heterocycles. The minimum absolute atomic E-state index is 0.0689. The van der Waals surface area contributed by atoms with Gasteiger partial charge in [-0.15, -0.1) is 0 Å². The van der Waals surface area contributed by atoms with Crippen LogP contribution in [0, 0.1) is 5.92 Å². The van der Waals surface area contributed by atoms with Gasteiger partial charge in [-0.05, 0) is 30.4 Å². The number of hydrogen-bond acceptors (Lipinski definition) is 2. The van der Waals surface area contributed by atoms with Gasteiger partial charge in [-0.1, -0.05) is 24.6 Å². The zero-order valence-electron chi connectivity index (χ0n) is 10.3. The molecular formula is C14H19F2NO. The Kier molecular flexibility index (Phi) is 4.66. The molecule has 1 aliphatic rings. The lowest BCUT2D eigenvalue weighted by Crippen LogP contribution is -2.33. The van der Waals surface area contributed by atoms with Crippen LogP contribution in [-0.2, 0) is 6.54 Å². The molecular weight excluding hydrogens is 236 g/mol. The summed E-state index contributed by atoms with van der Waals surface area (Å²) in [6.45, 7) is 0.788. The van der Waals surface area contributed by atoms with Gasteiger partial charge in [0.1, 0.15) is 0 Å². The van der Waals surface area contributed by atoms with Gasteiger partial charge in [0, 0.05) is 24.8 Å². The molecule has 1 saturated carbocycles. The normalized spacial score (nSPS) is 23.8. The Balaban J connectivity index is 1.91. The zero-order valence-corrected chi connectivity index (χ0v) is 10.3. The van der Waals surface area contributed by atoms with Gasteiger partial charge in [0.2, 0.25) is 0 Å². The average Bonchev–Trinajstić information content (AvgIpc) is 2.84. The summed E-state index contributed by atoms with van der Waals surface area (Å²) in [5, 5.41) is 12.6. The Hall–Kier alpha value is -1.00. The molecule has 1 aliphatic carbocycles. The summed E-state index contributed by atoms with van der Waals surface area (Å²) in [5.74, 6) is 0.309. The molecule has 0 saturated heterocycles. The van der Waals surface area contributed by atoms with Gasteiger partial charge in [-0.3, -0.25) is 0 Å². The van der Waals surface area contributed by atoms with Gasteiger partial charge >= 0.3 is 0 Å². The van der Waals surface area contributed by atoms with E-state index in [4.69, 9.17) is 0 Å². The first-order valence-corrected chi connectivity index (χ1v) is 6.42. The average molecular weight is 255 g/mol. The van der Waals surface area contributed by atoms with Crippen molar-refractivity contribution in [2.45, 2.75) is 38.3 Å². The second-order valence-corrected chi connectivity index (χ2v) is 4.91. The largest absolute Gasteiger partial charge is 0.396 e. The molecule has 0 aromatic heterocycles. The molecule has 1 aromatic carbocycles. The number of hydrogen-bond donors (Lipinski definition) is 2. The van der Waals surface area contributed by atoms with Gasteiger partial charge in [-0.2, -0.15) is 0 Å². The number of halogens is 2. The van der Waals surface area contributed by atoms with E-state index in [2.05, 4.69) is 5.32 Å². The van der Waals surface area contributed by atoms with E-state index < -0.39 is 6.43 Å². The van der Waals surface area contributed by atoms with Gasteiger partial charge in [0.25, 0.3) is 6.43 Å². The maximum Gasteiger partial charge on any atom is 0.263 e. The highest BCUT2D eigenvalue weighted by molar-refractivity contribution is 5.24. The molecule has 0 spiro atoms. The fraction of sp³-hybridized carbons (Fsp3) is 0.571. The first-order valence-electron chi connectivity index (χ1n) is 6.42. The SMILES string of the molecule is OCC1CCCC1NCc1cccc(C(F)F)c1. The van der Waals surface area contributed by atoms with Crippen molar-refractivity contribution in [1.29, 1.82) is 0 Å². The molecule has 0 bridgehead atoms. The van der Waals surface area contributed by atoms with Crippen molar-refractivity contribution in [1.82, 2.24) is 5.32 Å². The lowest BCUT2D eigenvalue weighted by atomic mass is 10.0. The number of rotatable bonds is 5. The molecule has 2 unspecified atom stereocenters. The van der Waals surface area contributed by atoms with Crippen LogP contribution in [0.1, 0.15) is 36.8 Å². The summed E-state index contributed by atoms with van der Waals surface area (Å²) in [6.07, 6.45) is 0.812. The van der Waals surface area contributed by atoms with E-state index in [9.17, 15) is 13.9 Å². The Morgan fingerprint density at radius 1 is 1.33 bits per heavy atom. The van der Waals surface area contributed by atoms with Gasteiger partial charge in [0.05, 0.1) is 0 Å². The minimum atomic E-state index is -2.42. The van der Waals surface area contributed by atoms with E-state index in [1.54, 1.807) is 12.1 Å². The van der Waals surface area contributed by atoms with E-state index in [1.165, 1.54) is 6.07 Å². The number of alkyl halides is 2. The number of benzene rings is 1. The van der Waals surface area contributed by atoms with Crippen molar-refractivity contribution in [3.05, 3.63) is 35.4 Å². The van der Waals surface area contributed by atoms with Gasteiger partial charge in [-0.25, -0.2) is 8.78 Å². The lowest BCUT2D eigenvalue weighted by Gasteiger charge is -2.19. The summed E-state index contributed by atoms with van der Waals surface area (Å²) in [6, 6.07) is 6.81. The van der Waals surface area contributed by atoms with Crippen molar-refractivity contribution in [3.8, 4) is 0 Å². The number of aliphatic hydroxyl groups is 1. The van der Waals surface area contributed by atoms with Crippen LogP contribution in [0.2, 0.25) is 0 Å². The van der Waals surface area contributed by atoms with Crippen LogP contribution in [0.15, 0.2) is 24.3 Å². The first kappa shape index (κ1) is 13.4. The van der Waals surface area contributed by atoms with Crippen molar-refractivity contribution >= 4 is 0 Å². The maximum absolute atomic E-state index is 12.6. The summed E-state index contributed by atoms with van der Waals surface area (Å²) in [4.78, 5) is 0. The van der Waals surface area contributed by atoms with Crippen molar-refractivity contribution in [2.75, 3.05) is 6.61 Å². The fourth-order valence-corrected chi connectivity index (χ4v) is 2.61. The Morgan fingerprint density at radius 2 is 2.17 bits per heavy atom. The smallest absolute Gasteiger partial charge is 0.263 e. The minimum Gasteiger partial charge on any atom is -0.396 e. The third kappa shape index (κ3) is 3.27. The zero-order chi connectivity index (χ0) is 13.0. The highest BCUT2D eigenvalue weighted by atomic mass is 19.3. The highest BCUT2D eigenvalue weighted by Gasteiger charge is 2.25. The Bertz CT molecular complexity index is 384. The van der Waals surface area contributed by atoms with Crippen LogP contribution < -0.4 is 5.32 Å². The first-order chi connectivity index (χ1) is 8.70. The topological polar surface area (TPSA) is 32.3 Å². The number of nitrogens with one attached hydrogen (secondary N) is 1. The van der Waals surface area contributed by atoms with E-state index in [0.29, 0.717) is 18.5 Å². The molecule has 100 valence electrons. The fourth-order valence-electron chi connectivity index (χ4n) is 2.61. The van der Waals surface area contributed by atoms with Crippen molar-refractivity contribution in [2.24, 2.45) is 5.92 Å². The van der Waals surface area contributed by atoms with Crippen LogP contribution in [0.3, 0.4) is 0 Å². The third-order valence-electron chi connectivity index (χ3n) is 3.66.